The van der Waals surface area contributed by atoms with Gasteiger partial charge in [-0.05, 0) is 31.9 Å². The van der Waals surface area contributed by atoms with Crippen molar-refractivity contribution in [2.24, 2.45) is 0 Å². The minimum atomic E-state index is -3.61. The second-order valence-electron chi connectivity index (χ2n) is 4.27. The average Bonchev–Trinajstić information content (AvgIpc) is 2.66. The van der Waals surface area contributed by atoms with Crippen LogP contribution in [-0.4, -0.2) is 18.4 Å². The first kappa shape index (κ1) is 12.6. The van der Waals surface area contributed by atoms with E-state index in [9.17, 15) is 8.42 Å². The lowest BCUT2D eigenvalue weighted by atomic mass is 10.1. The molecule has 0 aliphatic rings. The molecule has 0 unspecified atom stereocenters. The van der Waals surface area contributed by atoms with E-state index in [1.165, 1.54) is 6.20 Å². The summed E-state index contributed by atoms with van der Waals surface area (Å²) >= 11 is 0. The Bertz CT molecular complexity index is 638. The molecule has 0 amide bonds. The minimum Gasteiger partial charge on any atom is -0.330 e. The standard InChI is InChI=1S/C12H15N3O2S/c1-8-6-9(2)11(10(3)7-8)18(16,17)15-12-13-4-5-14-12/h4-7H,1-3H3,(H2,13,14,15). The van der Waals surface area contributed by atoms with Crippen molar-refractivity contribution in [3.05, 3.63) is 41.2 Å². The smallest absolute Gasteiger partial charge is 0.264 e. The van der Waals surface area contributed by atoms with E-state index in [4.69, 9.17) is 0 Å². The van der Waals surface area contributed by atoms with E-state index in [1.54, 1.807) is 20.0 Å². The number of benzene rings is 1. The summed E-state index contributed by atoms with van der Waals surface area (Å²) in [6.07, 6.45) is 3.05. The first-order chi connectivity index (χ1) is 8.40. The van der Waals surface area contributed by atoms with Gasteiger partial charge in [-0.25, -0.2) is 18.1 Å². The van der Waals surface area contributed by atoms with Gasteiger partial charge in [-0.2, -0.15) is 0 Å². The van der Waals surface area contributed by atoms with Crippen molar-refractivity contribution in [1.29, 1.82) is 0 Å². The maximum Gasteiger partial charge on any atom is 0.264 e. The third-order valence-corrected chi connectivity index (χ3v) is 4.25. The van der Waals surface area contributed by atoms with Gasteiger partial charge in [-0.15, -0.1) is 0 Å². The Kier molecular flexibility index (Phi) is 3.13. The maximum atomic E-state index is 12.3. The number of nitrogens with zero attached hydrogens (tertiary/aromatic N) is 1. The van der Waals surface area contributed by atoms with E-state index >= 15 is 0 Å². The molecule has 1 aromatic heterocycles. The lowest BCUT2D eigenvalue weighted by Gasteiger charge is -2.12. The van der Waals surface area contributed by atoms with E-state index in [-0.39, 0.29) is 5.95 Å². The Morgan fingerprint density at radius 3 is 2.28 bits per heavy atom. The Morgan fingerprint density at radius 2 is 1.78 bits per heavy atom. The summed E-state index contributed by atoms with van der Waals surface area (Å²) in [6.45, 7) is 5.52. The molecule has 0 saturated carbocycles. The van der Waals surface area contributed by atoms with Gasteiger partial charge in [0.05, 0.1) is 4.90 Å². The number of aromatic amines is 1. The summed E-state index contributed by atoms with van der Waals surface area (Å²) < 4.78 is 27.0. The molecule has 18 heavy (non-hydrogen) atoms. The molecule has 0 radical (unpaired) electrons. The summed E-state index contributed by atoms with van der Waals surface area (Å²) in [7, 11) is -3.61. The molecule has 0 saturated heterocycles. The highest BCUT2D eigenvalue weighted by atomic mass is 32.2. The van der Waals surface area contributed by atoms with Crippen LogP contribution in [0.5, 0.6) is 0 Å². The number of imidazole rings is 1. The predicted molar refractivity (Wildman–Crippen MR) is 70.0 cm³/mol. The Balaban J connectivity index is 2.48. The van der Waals surface area contributed by atoms with Crippen LogP contribution in [0, 0.1) is 20.8 Å². The van der Waals surface area contributed by atoms with Crippen molar-refractivity contribution in [3.8, 4) is 0 Å². The van der Waals surface area contributed by atoms with Crippen LogP contribution < -0.4 is 4.72 Å². The molecule has 2 rings (SSSR count). The zero-order valence-electron chi connectivity index (χ0n) is 10.5. The van der Waals surface area contributed by atoms with Gasteiger partial charge in [0.1, 0.15) is 0 Å². The van der Waals surface area contributed by atoms with Gasteiger partial charge < -0.3 is 4.98 Å². The van der Waals surface area contributed by atoms with Gasteiger partial charge in [0.2, 0.25) is 5.95 Å². The van der Waals surface area contributed by atoms with E-state index in [2.05, 4.69) is 14.7 Å². The van der Waals surface area contributed by atoms with Crippen LogP contribution in [0.2, 0.25) is 0 Å². The van der Waals surface area contributed by atoms with E-state index in [0.717, 1.165) is 16.7 Å². The van der Waals surface area contributed by atoms with Gasteiger partial charge >= 0.3 is 0 Å². The number of nitrogens with one attached hydrogen (secondary N) is 2. The van der Waals surface area contributed by atoms with Gasteiger partial charge in [0, 0.05) is 12.4 Å². The first-order valence-electron chi connectivity index (χ1n) is 5.50. The summed E-state index contributed by atoms with van der Waals surface area (Å²) in [5.74, 6) is 0.217. The predicted octanol–water partition coefficient (Wildman–Crippen LogP) is 2.14. The molecule has 2 aromatic rings. The quantitative estimate of drug-likeness (QED) is 0.892. The lowest BCUT2D eigenvalue weighted by molar-refractivity contribution is 0.599. The van der Waals surface area contributed by atoms with Crippen molar-refractivity contribution in [3.63, 3.8) is 0 Å². The van der Waals surface area contributed by atoms with Gasteiger partial charge in [-0.1, -0.05) is 17.7 Å². The van der Waals surface area contributed by atoms with E-state index in [1.807, 2.05) is 19.1 Å². The molecule has 0 spiro atoms. The Morgan fingerprint density at radius 1 is 1.17 bits per heavy atom. The van der Waals surface area contributed by atoms with Crippen LogP contribution in [-0.2, 0) is 10.0 Å². The number of anilines is 1. The molecular formula is C12H15N3O2S. The lowest BCUT2D eigenvalue weighted by Crippen LogP contribution is -2.16. The zero-order chi connectivity index (χ0) is 13.3. The van der Waals surface area contributed by atoms with Crippen LogP contribution in [0.4, 0.5) is 5.95 Å². The normalized spacial score (nSPS) is 11.5. The molecule has 5 nitrogen and oxygen atoms in total. The topological polar surface area (TPSA) is 74.8 Å². The number of H-pyrrole nitrogens is 1. The molecule has 1 aromatic carbocycles. The molecular weight excluding hydrogens is 250 g/mol. The van der Waals surface area contributed by atoms with Crippen LogP contribution in [0.15, 0.2) is 29.4 Å². The monoisotopic (exact) mass is 265 g/mol. The van der Waals surface area contributed by atoms with Crippen LogP contribution in [0.1, 0.15) is 16.7 Å². The van der Waals surface area contributed by atoms with Crippen LogP contribution in [0.25, 0.3) is 0 Å². The van der Waals surface area contributed by atoms with Gasteiger partial charge in [0.15, 0.2) is 0 Å². The number of aromatic nitrogens is 2. The SMILES string of the molecule is Cc1cc(C)c(S(=O)(=O)Nc2ncc[nH]2)c(C)c1. The second kappa shape index (κ2) is 4.45. The molecule has 6 heteroatoms. The second-order valence-corrected chi connectivity index (χ2v) is 5.89. The number of rotatable bonds is 3. The fourth-order valence-corrected chi connectivity index (χ4v) is 3.52. The third kappa shape index (κ3) is 2.38. The van der Waals surface area contributed by atoms with Crippen molar-refractivity contribution >= 4 is 16.0 Å². The molecule has 0 bridgehead atoms. The largest absolute Gasteiger partial charge is 0.330 e. The Hall–Kier alpha value is -1.82. The fourth-order valence-electron chi connectivity index (χ4n) is 2.09. The van der Waals surface area contributed by atoms with Crippen molar-refractivity contribution in [2.45, 2.75) is 25.7 Å². The van der Waals surface area contributed by atoms with Crippen LogP contribution in [0.3, 0.4) is 0 Å². The van der Waals surface area contributed by atoms with E-state index in [0.29, 0.717) is 4.90 Å². The molecule has 0 aliphatic carbocycles. The zero-order valence-corrected chi connectivity index (χ0v) is 11.3. The van der Waals surface area contributed by atoms with Gasteiger partial charge in [0.25, 0.3) is 10.0 Å². The maximum absolute atomic E-state index is 12.3. The highest BCUT2D eigenvalue weighted by Crippen LogP contribution is 2.23. The third-order valence-electron chi connectivity index (χ3n) is 2.60. The van der Waals surface area contributed by atoms with Crippen molar-refractivity contribution < 1.29 is 8.42 Å². The fraction of sp³-hybridized carbons (Fsp3) is 0.250. The number of sulfonamides is 1. The summed E-state index contributed by atoms with van der Waals surface area (Å²) in [5, 5.41) is 0. The van der Waals surface area contributed by atoms with Crippen molar-refractivity contribution in [2.75, 3.05) is 4.72 Å². The molecule has 2 N–H and O–H groups in total. The van der Waals surface area contributed by atoms with Gasteiger partial charge in [-0.3, -0.25) is 0 Å². The summed E-state index contributed by atoms with van der Waals surface area (Å²) in [4.78, 5) is 6.88. The summed E-state index contributed by atoms with van der Waals surface area (Å²) in [6, 6.07) is 3.70. The highest BCUT2D eigenvalue weighted by molar-refractivity contribution is 7.92. The number of hydrogen-bond donors (Lipinski definition) is 2. The first-order valence-corrected chi connectivity index (χ1v) is 6.98. The molecule has 1 heterocycles. The Labute approximate surface area is 106 Å². The van der Waals surface area contributed by atoms with Crippen LogP contribution >= 0.6 is 0 Å². The van der Waals surface area contributed by atoms with Crippen molar-refractivity contribution in [1.82, 2.24) is 9.97 Å². The number of aryl methyl sites for hydroxylation is 3. The van der Waals surface area contributed by atoms with E-state index < -0.39 is 10.0 Å². The molecule has 96 valence electrons. The summed E-state index contributed by atoms with van der Waals surface area (Å²) in [5.41, 5.74) is 2.50. The highest BCUT2D eigenvalue weighted by Gasteiger charge is 2.20. The number of hydrogen-bond acceptors (Lipinski definition) is 3. The molecule has 0 atom stereocenters. The molecule has 0 fully saturated rings. The average molecular weight is 265 g/mol. The molecule has 0 aliphatic heterocycles. The minimum absolute atomic E-state index is 0.217.